The summed E-state index contributed by atoms with van der Waals surface area (Å²) in [5.74, 6) is 1.44. The van der Waals surface area contributed by atoms with Gasteiger partial charge in [0.1, 0.15) is 0 Å². The van der Waals surface area contributed by atoms with Crippen LogP contribution < -0.4 is 0 Å². The summed E-state index contributed by atoms with van der Waals surface area (Å²) in [6.07, 6.45) is 11.4. The van der Waals surface area contributed by atoms with Gasteiger partial charge in [0.15, 0.2) is 0 Å². The molecular weight excluding hydrogens is 194 g/mol. The Morgan fingerprint density at radius 2 is 1.81 bits per heavy atom. The predicted octanol–water partition coefficient (Wildman–Crippen LogP) is 3.88. The minimum Gasteiger partial charge on any atom is -0.299 e. The van der Waals surface area contributed by atoms with Crippen LogP contribution in [-0.4, -0.2) is 24.5 Å². The van der Waals surface area contributed by atoms with E-state index < -0.39 is 0 Å². The molecule has 2 rings (SSSR count). The maximum absolute atomic E-state index is 2.60. The van der Waals surface area contributed by atoms with Crippen LogP contribution in [0.25, 0.3) is 0 Å². The Bertz CT molecular complexity index is 259. The monoisotopic (exact) mass is 221 g/mol. The summed E-state index contributed by atoms with van der Waals surface area (Å²) in [6, 6.07) is 0. The van der Waals surface area contributed by atoms with Crippen LogP contribution in [-0.2, 0) is 0 Å². The highest BCUT2D eigenvalue weighted by molar-refractivity contribution is 5.26. The maximum Gasteiger partial charge on any atom is 0.0230 e. The first-order valence-electron chi connectivity index (χ1n) is 6.37. The Labute approximate surface area is 101 Å². The third kappa shape index (κ3) is 3.48. The minimum absolute atomic E-state index is 0. The first kappa shape index (κ1) is 13.5. The molecule has 0 aromatic carbocycles. The molecule has 92 valence electrons. The second-order valence-corrected chi connectivity index (χ2v) is 5.16. The van der Waals surface area contributed by atoms with Gasteiger partial charge in [-0.05, 0) is 43.3 Å². The molecule has 1 heterocycles. The van der Waals surface area contributed by atoms with Gasteiger partial charge in [-0.15, -0.1) is 0 Å². The molecule has 0 saturated carbocycles. The molecule has 2 atom stereocenters. The van der Waals surface area contributed by atoms with Crippen molar-refractivity contribution in [1.29, 1.82) is 0 Å². The fourth-order valence-corrected chi connectivity index (χ4v) is 2.48. The summed E-state index contributed by atoms with van der Waals surface area (Å²) in [5.41, 5.74) is 1.53. The smallest absolute Gasteiger partial charge is 0.0230 e. The first-order valence-corrected chi connectivity index (χ1v) is 6.37. The van der Waals surface area contributed by atoms with Crippen LogP contribution in [0.1, 0.15) is 40.5 Å². The van der Waals surface area contributed by atoms with Crippen LogP contribution in [0.5, 0.6) is 0 Å². The van der Waals surface area contributed by atoms with Gasteiger partial charge < -0.3 is 0 Å². The van der Waals surface area contributed by atoms with E-state index >= 15 is 0 Å². The van der Waals surface area contributed by atoms with Crippen LogP contribution in [0.4, 0.5) is 0 Å². The molecule has 1 aliphatic carbocycles. The van der Waals surface area contributed by atoms with E-state index in [-0.39, 0.29) is 7.43 Å². The quantitative estimate of drug-likeness (QED) is 0.684. The molecule has 1 fully saturated rings. The van der Waals surface area contributed by atoms with E-state index in [4.69, 9.17) is 0 Å². The Morgan fingerprint density at radius 3 is 2.44 bits per heavy atom. The highest BCUT2D eigenvalue weighted by atomic mass is 15.1. The van der Waals surface area contributed by atoms with E-state index in [1.165, 1.54) is 44.5 Å². The lowest BCUT2D eigenvalue weighted by Crippen LogP contribution is -2.31. The van der Waals surface area contributed by atoms with Crippen LogP contribution >= 0.6 is 0 Å². The highest BCUT2D eigenvalue weighted by Gasteiger charge is 2.15. The zero-order valence-corrected chi connectivity index (χ0v) is 10.1. The van der Waals surface area contributed by atoms with E-state index in [1.807, 2.05) is 0 Å². The number of nitrogens with zero attached hydrogens (tertiary/aromatic N) is 1. The van der Waals surface area contributed by atoms with Gasteiger partial charge in [0, 0.05) is 6.54 Å². The third-order valence-electron chi connectivity index (χ3n) is 3.78. The van der Waals surface area contributed by atoms with Crippen LogP contribution in [0.3, 0.4) is 0 Å². The van der Waals surface area contributed by atoms with Gasteiger partial charge in [-0.2, -0.15) is 0 Å². The number of allylic oxidation sites excluding steroid dienone is 2. The average molecular weight is 221 g/mol. The number of likely N-dealkylation sites (tertiary alicyclic amines) is 1. The van der Waals surface area contributed by atoms with Gasteiger partial charge in [-0.1, -0.05) is 45.9 Å². The third-order valence-corrected chi connectivity index (χ3v) is 3.78. The van der Waals surface area contributed by atoms with E-state index in [0.717, 1.165) is 11.8 Å². The summed E-state index contributed by atoms with van der Waals surface area (Å²) in [4.78, 5) is 2.60. The first-order chi connectivity index (χ1) is 7.25. The molecule has 1 nitrogen and oxygen atoms in total. The van der Waals surface area contributed by atoms with E-state index in [9.17, 15) is 0 Å². The molecular formula is C15H27N. The van der Waals surface area contributed by atoms with Crippen molar-refractivity contribution in [1.82, 2.24) is 4.90 Å². The molecule has 2 unspecified atom stereocenters. The van der Waals surface area contributed by atoms with Crippen molar-refractivity contribution in [3.63, 3.8) is 0 Å². The average Bonchev–Trinajstić information content (AvgIpc) is 2.25. The van der Waals surface area contributed by atoms with Crippen molar-refractivity contribution in [2.45, 2.75) is 40.5 Å². The topological polar surface area (TPSA) is 3.24 Å². The predicted molar refractivity (Wildman–Crippen MR) is 72.6 cm³/mol. The Hall–Kier alpha value is -0.560. The van der Waals surface area contributed by atoms with Crippen LogP contribution in [0.2, 0.25) is 0 Å². The largest absolute Gasteiger partial charge is 0.299 e. The Morgan fingerprint density at radius 1 is 1.12 bits per heavy atom. The van der Waals surface area contributed by atoms with Crippen LogP contribution in [0, 0.1) is 11.8 Å². The van der Waals surface area contributed by atoms with Gasteiger partial charge in [-0.3, -0.25) is 4.90 Å². The highest BCUT2D eigenvalue weighted by Crippen LogP contribution is 2.23. The van der Waals surface area contributed by atoms with Gasteiger partial charge in [0.25, 0.3) is 0 Å². The second-order valence-electron chi connectivity index (χ2n) is 5.16. The number of rotatable bonds is 2. The fourth-order valence-electron chi connectivity index (χ4n) is 2.48. The standard InChI is InChI=1S/C14H23N.CH4/c1-12-6-7-14(10-13(12)2)11-15-8-4-3-5-9-15;/h6-7,10,12-13H,3-5,8-9,11H2,1-2H3;1H4. The van der Waals surface area contributed by atoms with Gasteiger partial charge >= 0.3 is 0 Å². The lowest BCUT2D eigenvalue weighted by Gasteiger charge is -2.28. The molecule has 16 heavy (non-hydrogen) atoms. The fraction of sp³-hybridized carbons (Fsp3) is 0.733. The zero-order chi connectivity index (χ0) is 10.7. The molecule has 2 aliphatic rings. The molecule has 0 spiro atoms. The summed E-state index contributed by atoms with van der Waals surface area (Å²) < 4.78 is 0. The molecule has 0 bridgehead atoms. The number of hydrogen-bond donors (Lipinski definition) is 0. The van der Waals surface area contributed by atoms with Crippen molar-refractivity contribution < 1.29 is 0 Å². The second kappa shape index (κ2) is 6.24. The van der Waals surface area contributed by atoms with Gasteiger partial charge in [0.05, 0.1) is 0 Å². The van der Waals surface area contributed by atoms with Crippen molar-refractivity contribution in [2.75, 3.05) is 19.6 Å². The Balaban J connectivity index is 0.00000128. The van der Waals surface area contributed by atoms with E-state index in [0.29, 0.717) is 0 Å². The molecule has 1 saturated heterocycles. The summed E-state index contributed by atoms with van der Waals surface area (Å²) >= 11 is 0. The van der Waals surface area contributed by atoms with Gasteiger partial charge in [-0.25, -0.2) is 0 Å². The van der Waals surface area contributed by atoms with Crippen molar-refractivity contribution >= 4 is 0 Å². The Kier molecular flexibility index (Phi) is 5.27. The van der Waals surface area contributed by atoms with Crippen molar-refractivity contribution in [3.8, 4) is 0 Å². The number of piperidine rings is 1. The summed E-state index contributed by atoms with van der Waals surface area (Å²) in [7, 11) is 0. The molecule has 0 N–H and O–H groups in total. The van der Waals surface area contributed by atoms with E-state index in [1.54, 1.807) is 0 Å². The minimum atomic E-state index is 0. The zero-order valence-electron chi connectivity index (χ0n) is 10.1. The lowest BCUT2D eigenvalue weighted by molar-refractivity contribution is 0.247. The maximum atomic E-state index is 2.60. The molecule has 0 amide bonds. The molecule has 1 heteroatoms. The SMILES string of the molecule is C.CC1C=CC(CN2CCCCC2)=CC1C. The summed E-state index contributed by atoms with van der Waals surface area (Å²) in [6.45, 7) is 8.40. The molecule has 0 aromatic heterocycles. The molecule has 0 aromatic rings. The van der Waals surface area contributed by atoms with Gasteiger partial charge in [0.2, 0.25) is 0 Å². The van der Waals surface area contributed by atoms with E-state index in [2.05, 4.69) is 37.0 Å². The van der Waals surface area contributed by atoms with Crippen molar-refractivity contribution in [2.24, 2.45) is 11.8 Å². The molecule has 0 radical (unpaired) electrons. The number of hydrogen-bond acceptors (Lipinski definition) is 1. The molecule has 1 aliphatic heterocycles. The lowest BCUT2D eigenvalue weighted by atomic mass is 9.88. The van der Waals surface area contributed by atoms with Crippen molar-refractivity contribution in [3.05, 3.63) is 23.8 Å². The summed E-state index contributed by atoms with van der Waals surface area (Å²) in [5, 5.41) is 0. The normalized spacial score (nSPS) is 30.8. The van der Waals surface area contributed by atoms with Crippen LogP contribution in [0.15, 0.2) is 23.8 Å².